The van der Waals surface area contributed by atoms with Crippen LogP contribution in [0.25, 0.3) is 11.8 Å². The molecule has 1 aromatic carbocycles. The summed E-state index contributed by atoms with van der Waals surface area (Å²) in [6.45, 7) is 4.29. The molecule has 0 radical (unpaired) electrons. The Morgan fingerprint density at radius 3 is 2.70 bits per heavy atom. The Kier molecular flexibility index (Phi) is 6.77. The maximum absolute atomic E-state index is 13.7. The molecule has 0 bridgehead atoms. The Balaban J connectivity index is 1.16. The molecule has 0 amide bonds. The lowest BCUT2D eigenvalue weighted by atomic mass is 9.46. The van der Waals surface area contributed by atoms with Crippen LogP contribution >= 0.6 is 0 Å². The normalized spacial score (nSPS) is 31.9. The van der Waals surface area contributed by atoms with Crippen LogP contribution in [0.2, 0.25) is 0 Å². The average Bonchev–Trinajstić information content (AvgIpc) is 3.73. The summed E-state index contributed by atoms with van der Waals surface area (Å²) in [6.07, 6.45) is 7.20. The minimum atomic E-state index is -0.874. The number of hydrogen-bond acceptors (Lipinski definition) is 8. The summed E-state index contributed by atoms with van der Waals surface area (Å²) in [5, 5.41) is 26.3. The monoisotopic (exact) mass is 599 g/mol. The third kappa shape index (κ3) is 4.32. The van der Waals surface area contributed by atoms with Crippen LogP contribution in [0.1, 0.15) is 73.5 Å². The highest BCUT2D eigenvalue weighted by Gasteiger charge is 2.64. The van der Waals surface area contributed by atoms with Crippen LogP contribution in [0, 0.1) is 51.6 Å². The van der Waals surface area contributed by atoms with E-state index in [-0.39, 0.29) is 41.2 Å². The number of nitrogens with zero attached hydrogens (tertiary/aromatic N) is 3. The first-order valence-electron chi connectivity index (χ1n) is 15.2. The molecule has 3 aromatic rings. The summed E-state index contributed by atoms with van der Waals surface area (Å²) >= 11 is 0. The number of benzene rings is 1. The summed E-state index contributed by atoms with van der Waals surface area (Å²) in [6, 6.07) is 11.4. The molecule has 0 saturated heterocycles. The molecule has 4 aliphatic carbocycles. The minimum absolute atomic E-state index is 0.0376. The smallest absolute Gasteiger partial charge is 0.421 e. The van der Waals surface area contributed by atoms with Gasteiger partial charge in [0.25, 0.3) is 0 Å². The number of allylic oxidation sites excluding steroid dienone is 1. The lowest BCUT2D eigenvalue weighted by Gasteiger charge is -2.59. The number of aliphatic hydroxyl groups is 1. The van der Waals surface area contributed by atoms with Crippen LogP contribution in [0.15, 0.2) is 52.7 Å². The van der Waals surface area contributed by atoms with E-state index in [0.717, 1.165) is 36.2 Å². The number of rotatable bonds is 4. The molecule has 2 heterocycles. The molecular weight excluding hydrogens is 565 g/mol. The highest BCUT2D eigenvalue weighted by Crippen LogP contribution is 2.66. The summed E-state index contributed by atoms with van der Waals surface area (Å²) < 4.78 is 20.5. The molecule has 7 atom stereocenters. The van der Waals surface area contributed by atoms with Gasteiger partial charge in [-0.15, -0.1) is 0 Å². The quantitative estimate of drug-likeness (QED) is 0.296. The van der Waals surface area contributed by atoms with E-state index < -0.39 is 29.4 Å². The van der Waals surface area contributed by atoms with Crippen LogP contribution in [0.3, 0.4) is 0 Å². The highest BCUT2D eigenvalue weighted by atomic mass is 19.1. The van der Waals surface area contributed by atoms with Gasteiger partial charge in [0.1, 0.15) is 5.82 Å². The second kappa shape index (κ2) is 10.4. The maximum Gasteiger partial charge on any atom is 0.421 e. The highest BCUT2D eigenvalue weighted by molar-refractivity contribution is 5.86. The molecule has 0 spiro atoms. The van der Waals surface area contributed by atoms with Crippen LogP contribution in [0.4, 0.5) is 4.39 Å². The van der Waals surface area contributed by atoms with Crippen molar-refractivity contribution in [1.82, 2.24) is 9.78 Å². The summed E-state index contributed by atoms with van der Waals surface area (Å²) in [5.74, 6) is -2.03. The number of nitriles is 1. The van der Waals surface area contributed by atoms with Crippen LogP contribution in [-0.2, 0) is 27.4 Å². The van der Waals surface area contributed by atoms with Gasteiger partial charge in [-0.25, -0.2) is 28.4 Å². The van der Waals surface area contributed by atoms with Gasteiger partial charge in [0.05, 0.1) is 47.9 Å². The van der Waals surface area contributed by atoms with E-state index >= 15 is 0 Å². The van der Waals surface area contributed by atoms with Gasteiger partial charge in [0.15, 0.2) is 0 Å². The zero-order chi connectivity index (χ0) is 30.8. The second-order valence-electron chi connectivity index (χ2n) is 13.3. The van der Waals surface area contributed by atoms with Gasteiger partial charge in [-0.05, 0) is 110 Å². The Labute approximate surface area is 254 Å². The van der Waals surface area contributed by atoms with Gasteiger partial charge >= 0.3 is 11.9 Å². The van der Waals surface area contributed by atoms with Crippen molar-refractivity contribution in [2.45, 2.75) is 64.9 Å². The van der Waals surface area contributed by atoms with Gasteiger partial charge in [-0.1, -0.05) is 19.4 Å². The van der Waals surface area contributed by atoms with E-state index in [2.05, 4.69) is 26.0 Å². The van der Waals surface area contributed by atoms with Crippen molar-refractivity contribution in [1.29, 1.82) is 5.26 Å². The summed E-state index contributed by atoms with van der Waals surface area (Å²) in [7, 11) is 0. The van der Waals surface area contributed by atoms with E-state index in [9.17, 15) is 24.3 Å². The van der Waals surface area contributed by atoms with Gasteiger partial charge in [0, 0.05) is 5.56 Å². The predicted octanol–water partition coefficient (Wildman–Crippen LogP) is 5.75. The Bertz CT molecular complexity index is 1690. The zero-order valence-electron chi connectivity index (χ0n) is 24.7. The first-order valence-corrected chi connectivity index (χ1v) is 15.2. The molecule has 2 aromatic heterocycles. The number of carbonyl (C=O) groups excluding carboxylic acids is 2. The van der Waals surface area contributed by atoms with Crippen molar-refractivity contribution in [3.05, 3.63) is 76.8 Å². The number of fused-ring (bicyclic) bond motifs is 6. The molecule has 0 aliphatic heterocycles. The van der Waals surface area contributed by atoms with Crippen LogP contribution in [-0.4, -0.2) is 32.9 Å². The SMILES string of the molecule is C[C@]12C[C@H](O)[C@H]3[C@@H](CCC4=Cc5c(c(CC#N)nn5-c5ccc(F)cc5)C[C@@]43C)[C@@H]1CC[C@H]2C(=O)OOC(=O)c1ccco1. The topological polar surface area (TPSA) is 128 Å². The fourth-order valence-electron chi connectivity index (χ4n) is 9.28. The van der Waals surface area contributed by atoms with Gasteiger partial charge < -0.3 is 9.52 Å². The summed E-state index contributed by atoms with van der Waals surface area (Å²) in [4.78, 5) is 35.2. The Morgan fingerprint density at radius 1 is 1.18 bits per heavy atom. The maximum atomic E-state index is 13.7. The Hall–Kier alpha value is -4.23. The molecule has 10 heteroatoms. The number of furan rings is 1. The number of aliphatic hydroxyl groups excluding tert-OH is 1. The number of halogens is 1. The van der Waals surface area contributed by atoms with E-state index in [0.29, 0.717) is 25.0 Å². The third-order valence-corrected chi connectivity index (χ3v) is 11.2. The van der Waals surface area contributed by atoms with Gasteiger partial charge in [0.2, 0.25) is 5.76 Å². The van der Waals surface area contributed by atoms with Crippen molar-refractivity contribution < 1.29 is 33.3 Å². The fraction of sp³-hybridized carbons (Fsp3) is 0.471. The fourth-order valence-corrected chi connectivity index (χ4v) is 9.28. The van der Waals surface area contributed by atoms with Gasteiger partial charge in [-0.3, -0.25) is 0 Å². The number of hydrogen-bond donors (Lipinski definition) is 1. The van der Waals surface area contributed by atoms with E-state index in [1.165, 1.54) is 30.0 Å². The molecule has 0 unspecified atom stereocenters. The standard InChI is InChI=1S/C34H34FN3O6/c1-33-17-23-26(13-14-36)37-38(21-8-6-20(35)7-9-21)27(23)16-19(33)5-10-22-24-11-12-25(34(24,2)18-28(39)30(22)33)31(40)43-44-32(41)29-4-3-15-42-29/h3-4,6-9,15-16,22,24-25,28,30,39H,5,10-13,17-18H2,1-2H3/t22-,24-,25-,28-,30+,33-,34-/m0/s1. The van der Waals surface area contributed by atoms with Crippen molar-refractivity contribution >= 4 is 18.0 Å². The lowest BCUT2D eigenvalue weighted by Crippen LogP contribution is -2.57. The first-order chi connectivity index (χ1) is 21.1. The molecule has 1 N–H and O–H groups in total. The molecule has 3 saturated carbocycles. The second-order valence-corrected chi connectivity index (χ2v) is 13.3. The molecular formula is C34H34FN3O6. The molecule has 9 nitrogen and oxygen atoms in total. The van der Waals surface area contributed by atoms with E-state index in [1.54, 1.807) is 22.9 Å². The molecule has 4 aliphatic rings. The number of aromatic nitrogens is 2. The van der Waals surface area contributed by atoms with Crippen molar-refractivity contribution in [2.24, 2.45) is 34.5 Å². The van der Waals surface area contributed by atoms with Crippen LogP contribution < -0.4 is 0 Å². The molecule has 44 heavy (non-hydrogen) atoms. The Morgan fingerprint density at radius 2 is 1.98 bits per heavy atom. The van der Waals surface area contributed by atoms with Crippen molar-refractivity contribution in [2.75, 3.05) is 0 Å². The third-order valence-electron chi connectivity index (χ3n) is 11.2. The van der Waals surface area contributed by atoms with E-state index in [4.69, 9.17) is 19.3 Å². The molecule has 3 fully saturated rings. The zero-order valence-corrected chi connectivity index (χ0v) is 24.7. The van der Waals surface area contributed by atoms with Crippen molar-refractivity contribution in [3.63, 3.8) is 0 Å². The minimum Gasteiger partial charge on any atom is -0.457 e. The summed E-state index contributed by atoms with van der Waals surface area (Å²) in [5.41, 5.74) is 3.73. The number of carbonyl (C=O) groups is 2. The van der Waals surface area contributed by atoms with Crippen molar-refractivity contribution in [3.8, 4) is 11.8 Å². The van der Waals surface area contributed by atoms with Gasteiger partial charge in [-0.2, -0.15) is 10.4 Å². The predicted molar refractivity (Wildman–Crippen MR) is 154 cm³/mol. The molecule has 228 valence electrons. The average molecular weight is 600 g/mol. The lowest BCUT2D eigenvalue weighted by molar-refractivity contribution is -0.244. The first kappa shape index (κ1) is 28.5. The van der Waals surface area contributed by atoms with E-state index in [1.807, 2.05) is 0 Å². The largest absolute Gasteiger partial charge is 0.457 e. The van der Waals surface area contributed by atoms with Crippen LogP contribution in [0.5, 0.6) is 0 Å². The molecule has 7 rings (SSSR count).